The molecule has 0 bridgehead atoms. The Kier molecular flexibility index (Phi) is 5.39. The van der Waals surface area contributed by atoms with Crippen LogP contribution in [0, 0.1) is 5.92 Å². The minimum absolute atomic E-state index is 0.0402. The summed E-state index contributed by atoms with van der Waals surface area (Å²) in [6, 6.07) is 0. The predicted molar refractivity (Wildman–Crippen MR) is 66.6 cm³/mol. The zero-order valence-electron chi connectivity index (χ0n) is 11.0. The van der Waals surface area contributed by atoms with Crippen molar-refractivity contribution in [2.75, 3.05) is 0 Å². The lowest BCUT2D eigenvalue weighted by molar-refractivity contribution is -0.138. The van der Waals surface area contributed by atoms with Gasteiger partial charge in [-0.25, -0.2) is 4.79 Å². The number of Topliss-reactive ketones (excluding diaryl/α,β-unsaturated/α-hetero) is 1. The summed E-state index contributed by atoms with van der Waals surface area (Å²) in [4.78, 5) is 22.8. The number of hydrogen-bond acceptors (Lipinski definition) is 3. The van der Waals surface area contributed by atoms with Crippen LogP contribution in [0.2, 0.25) is 0 Å². The largest absolute Gasteiger partial charge is 0.459 e. The van der Waals surface area contributed by atoms with Crippen molar-refractivity contribution in [3.8, 4) is 0 Å². The number of cyclic esters (lactones) is 1. The Morgan fingerprint density at radius 3 is 2.71 bits per heavy atom. The van der Waals surface area contributed by atoms with Crippen LogP contribution >= 0.6 is 0 Å². The molecule has 96 valence electrons. The summed E-state index contributed by atoms with van der Waals surface area (Å²) < 4.78 is 5.18. The molecule has 0 unspecified atom stereocenters. The standard InChI is InChI=1S/C14H22O3/c1-4-5-6-7-8-12-13(9-10(2)15)11(3)17-14(12)16/h8,11,13H,4-7,9H2,1-3H3/b12-8-/t11-,13-/m1/s1. The maximum absolute atomic E-state index is 11.6. The number of carbonyl (C=O) groups is 2. The third-order valence-corrected chi connectivity index (χ3v) is 3.17. The molecule has 2 atom stereocenters. The molecule has 17 heavy (non-hydrogen) atoms. The number of ketones is 1. The molecule has 1 aliphatic heterocycles. The van der Waals surface area contributed by atoms with Crippen molar-refractivity contribution >= 4 is 11.8 Å². The summed E-state index contributed by atoms with van der Waals surface area (Å²) in [5.41, 5.74) is 0.712. The van der Waals surface area contributed by atoms with E-state index in [0.717, 1.165) is 12.8 Å². The Bertz CT molecular complexity index is 317. The zero-order valence-corrected chi connectivity index (χ0v) is 11.0. The van der Waals surface area contributed by atoms with E-state index in [1.54, 1.807) is 6.92 Å². The predicted octanol–water partition coefficient (Wildman–Crippen LogP) is 3.03. The first kappa shape index (κ1) is 13.9. The van der Waals surface area contributed by atoms with Crippen molar-refractivity contribution in [3.05, 3.63) is 11.6 Å². The normalized spacial score (nSPS) is 26.3. The summed E-state index contributed by atoms with van der Waals surface area (Å²) >= 11 is 0. The van der Waals surface area contributed by atoms with Crippen LogP contribution < -0.4 is 0 Å². The van der Waals surface area contributed by atoms with Gasteiger partial charge in [0.15, 0.2) is 0 Å². The second-order valence-corrected chi connectivity index (χ2v) is 4.78. The fourth-order valence-electron chi connectivity index (χ4n) is 2.20. The number of hydrogen-bond donors (Lipinski definition) is 0. The van der Waals surface area contributed by atoms with Crippen LogP contribution in [0.25, 0.3) is 0 Å². The number of unbranched alkanes of at least 4 members (excludes halogenated alkanes) is 3. The third kappa shape index (κ3) is 3.99. The highest BCUT2D eigenvalue weighted by Crippen LogP contribution is 2.31. The first-order valence-electron chi connectivity index (χ1n) is 6.46. The van der Waals surface area contributed by atoms with Crippen molar-refractivity contribution in [1.82, 2.24) is 0 Å². The van der Waals surface area contributed by atoms with Gasteiger partial charge in [-0.05, 0) is 26.7 Å². The van der Waals surface area contributed by atoms with Gasteiger partial charge in [0.05, 0.1) is 0 Å². The number of allylic oxidation sites excluding steroid dienone is 1. The molecule has 0 aromatic carbocycles. The monoisotopic (exact) mass is 238 g/mol. The summed E-state index contributed by atoms with van der Waals surface area (Å²) in [6.07, 6.45) is 6.55. The molecule has 1 aliphatic rings. The Morgan fingerprint density at radius 1 is 1.41 bits per heavy atom. The van der Waals surface area contributed by atoms with E-state index in [-0.39, 0.29) is 23.8 Å². The number of carbonyl (C=O) groups excluding carboxylic acids is 2. The number of rotatable bonds is 6. The van der Waals surface area contributed by atoms with Crippen LogP contribution in [0.4, 0.5) is 0 Å². The summed E-state index contributed by atoms with van der Waals surface area (Å²) in [6.45, 7) is 5.57. The molecular weight excluding hydrogens is 216 g/mol. The zero-order chi connectivity index (χ0) is 12.8. The van der Waals surface area contributed by atoms with Crippen molar-refractivity contribution < 1.29 is 14.3 Å². The van der Waals surface area contributed by atoms with Gasteiger partial charge >= 0.3 is 5.97 Å². The Labute approximate surface area is 103 Å². The quantitative estimate of drug-likeness (QED) is 0.406. The summed E-state index contributed by atoms with van der Waals surface area (Å²) in [7, 11) is 0. The molecule has 1 rings (SSSR count). The Hall–Kier alpha value is -1.12. The van der Waals surface area contributed by atoms with Gasteiger partial charge in [-0.1, -0.05) is 25.8 Å². The average molecular weight is 238 g/mol. The van der Waals surface area contributed by atoms with Crippen LogP contribution in [-0.2, 0) is 14.3 Å². The van der Waals surface area contributed by atoms with Crippen LogP contribution in [0.15, 0.2) is 11.6 Å². The van der Waals surface area contributed by atoms with Gasteiger partial charge in [0.25, 0.3) is 0 Å². The topological polar surface area (TPSA) is 43.4 Å². The van der Waals surface area contributed by atoms with Gasteiger partial charge in [-0.15, -0.1) is 0 Å². The molecular formula is C14H22O3. The molecule has 1 saturated heterocycles. The molecule has 1 fully saturated rings. The Balaban J connectivity index is 2.64. The molecule has 3 heteroatoms. The highest BCUT2D eigenvalue weighted by Gasteiger charge is 2.37. The van der Waals surface area contributed by atoms with E-state index in [1.807, 2.05) is 13.0 Å². The van der Waals surface area contributed by atoms with Gasteiger partial charge in [-0.2, -0.15) is 0 Å². The van der Waals surface area contributed by atoms with Gasteiger partial charge < -0.3 is 9.53 Å². The van der Waals surface area contributed by atoms with Crippen LogP contribution in [0.5, 0.6) is 0 Å². The fourth-order valence-corrected chi connectivity index (χ4v) is 2.20. The van der Waals surface area contributed by atoms with E-state index in [9.17, 15) is 9.59 Å². The molecule has 0 N–H and O–H groups in total. The molecule has 0 aromatic heterocycles. The molecule has 0 aromatic rings. The molecule has 3 nitrogen and oxygen atoms in total. The van der Waals surface area contributed by atoms with E-state index in [1.165, 1.54) is 12.8 Å². The lowest BCUT2D eigenvalue weighted by Crippen LogP contribution is -2.15. The third-order valence-electron chi connectivity index (χ3n) is 3.17. The van der Waals surface area contributed by atoms with Crippen molar-refractivity contribution in [3.63, 3.8) is 0 Å². The maximum atomic E-state index is 11.6. The second kappa shape index (κ2) is 6.58. The lowest BCUT2D eigenvalue weighted by atomic mass is 9.91. The molecule has 1 heterocycles. The first-order chi connectivity index (χ1) is 8.06. The highest BCUT2D eigenvalue weighted by molar-refractivity contribution is 5.92. The van der Waals surface area contributed by atoms with E-state index in [0.29, 0.717) is 12.0 Å². The smallest absolute Gasteiger partial charge is 0.334 e. The van der Waals surface area contributed by atoms with Crippen molar-refractivity contribution in [2.24, 2.45) is 5.92 Å². The molecule has 0 saturated carbocycles. The van der Waals surface area contributed by atoms with Crippen molar-refractivity contribution in [2.45, 2.75) is 59.0 Å². The number of esters is 1. The first-order valence-corrected chi connectivity index (χ1v) is 6.46. The Morgan fingerprint density at radius 2 is 2.12 bits per heavy atom. The highest BCUT2D eigenvalue weighted by atomic mass is 16.5. The molecule has 0 aliphatic carbocycles. The molecule has 0 amide bonds. The van der Waals surface area contributed by atoms with Gasteiger partial charge in [0.1, 0.15) is 11.9 Å². The van der Waals surface area contributed by atoms with E-state index < -0.39 is 0 Å². The lowest BCUT2D eigenvalue weighted by Gasteiger charge is -2.11. The summed E-state index contributed by atoms with van der Waals surface area (Å²) in [5, 5.41) is 0. The maximum Gasteiger partial charge on any atom is 0.334 e. The van der Waals surface area contributed by atoms with Gasteiger partial charge in [-0.3, -0.25) is 0 Å². The average Bonchev–Trinajstić information content (AvgIpc) is 2.50. The summed E-state index contributed by atoms with van der Waals surface area (Å²) in [5.74, 6) is -0.165. The SMILES string of the molecule is CCCCC/C=C1\C(=O)O[C@H](C)[C@H]1CC(C)=O. The fraction of sp³-hybridized carbons (Fsp3) is 0.714. The van der Waals surface area contributed by atoms with E-state index in [4.69, 9.17) is 4.74 Å². The van der Waals surface area contributed by atoms with Crippen LogP contribution in [0.3, 0.4) is 0 Å². The molecule has 0 radical (unpaired) electrons. The van der Waals surface area contributed by atoms with Crippen LogP contribution in [-0.4, -0.2) is 17.9 Å². The van der Waals surface area contributed by atoms with Gasteiger partial charge in [0, 0.05) is 17.9 Å². The minimum atomic E-state index is -0.236. The minimum Gasteiger partial charge on any atom is -0.459 e. The number of ether oxygens (including phenoxy) is 1. The van der Waals surface area contributed by atoms with E-state index in [2.05, 4.69) is 6.92 Å². The van der Waals surface area contributed by atoms with Crippen LogP contribution in [0.1, 0.15) is 52.9 Å². The van der Waals surface area contributed by atoms with E-state index >= 15 is 0 Å². The molecule has 0 spiro atoms. The van der Waals surface area contributed by atoms with Gasteiger partial charge in [0.2, 0.25) is 0 Å². The van der Waals surface area contributed by atoms with Crippen molar-refractivity contribution in [1.29, 1.82) is 0 Å². The second-order valence-electron chi connectivity index (χ2n) is 4.78.